The SMILES string of the molecule is COc1ccc(N2CCN(c3cccc(F)n3)CC2)cc1. The average Bonchev–Trinajstić information content (AvgIpc) is 2.55. The van der Waals surface area contributed by atoms with E-state index in [9.17, 15) is 4.39 Å². The second-order valence-corrected chi connectivity index (χ2v) is 4.99. The maximum absolute atomic E-state index is 13.2. The molecule has 5 heteroatoms. The number of pyridine rings is 1. The molecule has 1 aliphatic rings. The molecule has 1 aromatic heterocycles. The molecule has 0 bridgehead atoms. The van der Waals surface area contributed by atoms with Crippen LogP contribution in [0.25, 0.3) is 0 Å². The number of anilines is 2. The van der Waals surface area contributed by atoms with Crippen LogP contribution < -0.4 is 14.5 Å². The first kappa shape index (κ1) is 13.7. The lowest BCUT2D eigenvalue weighted by Crippen LogP contribution is -2.46. The zero-order chi connectivity index (χ0) is 14.7. The van der Waals surface area contributed by atoms with Gasteiger partial charge in [-0.25, -0.2) is 4.98 Å². The fourth-order valence-corrected chi connectivity index (χ4v) is 2.56. The number of hydrogen-bond donors (Lipinski definition) is 0. The summed E-state index contributed by atoms with van der Waals surface area (Å²) in [5.74, 6) is 1.15. The molecule has 110 valence electrons. The molecule has 1 aromatic carbocycles. The van der Waals surface area contributed by atoms with Gasteiger partial charge < -0.3 is 14.5 Å². The molecule has 1 saturated heterocycles. The molecule has 0 radical (unpaired) electrons. The summed E-state index contributed by atoms with van der Waals surface area (Å²) in [4.78, 5) is 8.37. The summed E-state index contributed by atoms with van der Waals surface area (Å²) in [6, 6.07) is 13.0. The Labute approximate surface area is 123 Å². The van der Waals surface area contributed by atoms with Crippen LogP contribution in [0.2, 0.25) is 0 Å². The standard InChI is InChI=1S/C16H18FN3O/c1-21-14-7-5-13(6-8-14)19-9-11-20(12-10-19)16-4-2-3-15(17)18-16/h2-8H,9-12H2,1H3. The summed E-state index contributed by atoms with van der Waals surface area (Å²) in [5.41, 5.74) is 1.18. The number of nitrogens with zero attached hydrogens (tertiary/aromatic N) is 3. The largest absolute Gasteiger partial charge is 0.497 e. The van der Waals surface area contributed by atoms with Crippen molar-refractivity contribution in [3.8, 4) is 5.75 Å². The van der Waals surface area contributed by atoms with Crippen molar-refractivity contribution >= 4 is 11.5 Å². The molecule has 2 aromatic rings. The van der Waals surface area contributed by atoms with E-state index in [2.05, 4.69) is 26.9 Å². The molecule has 0 atom stereocenters. The summed E-state index contributed by atoms with van der Waals surface area (Å²) >= 11 is 0. The van der Waals surface area contributed by atoms with E-state index in [1.165, 1.54) is 11.8 Å². The van der Waals surface area contributed by atoms with Gasteiger partial charge in [0.05, 0.1) is 7.11 Å². The lowest BCUT2D eigenvalue weighted by Gasteiger charge is -2.36. The molecule has 0 N–H and O–H groups in total. The second-order valence-electron chi connectivity index (χ2n) is 4.99. The average molecular weight is 287 g/mol. The van der Waals surface area contributed by atoms with Crippen LogP contribution in [0, 0.1) is 5.95 Å². The summed E-state index contributed by atoms with van der Waals surface area (Å²) < 4.78 is 18.3. The van der Waals surface area contributed by atoms with Crippen molar-refractivity contribution in [1.29, 1.82) is 0 Å². The molecular weight excluding hydrogens is 269 g/mol. The van der Waals surface area contributed by atoms with Crippen molar-refractivity contribution < 1.29 is 9.13 Å². The van der Waals surface area contributed by atoms with Crippen molar-refractivity contribution in [3.63, 3.8) is 0 Å². The van der Waals surface area contributed by atoms with Crippen molar-refractivity contribution in [2.45, 2.75) is 0 Å². The first-order chi connectivity index (χ1) is 10.3. The summed E-state index contributed by atoms with van der Waals surface area (Å²) in [6.07, 6.45) is 0. The van der Waals surface area contributed by atoms with Crippen LogP contribution in [0.5, 0.6) is 5.75 Å². The van der Waals surface area contributed by atoms with Gasteiger partial charge in [0.2, 0.25) is 5.95 Å². The van der Waals surface area contributed by atoms with Gasteiger partial charge in [0, 0.05) is 31.9 Å². The number of aromatic nitrogens is 1. The number of halogens is 1. The molecule has 0 amide bonds. The number of benzene rings is 1. The molecule has 0 aliphatic carbocycles. The number of piperazine rings is 1. The zero-order valence-electron chi connectivity index (χ0n) is 12.0. The highest BCUT2D eigenvalue weighted by molar-refractivity contribution is 5.51. The highest BCUT2D eigenvalue weighted by Crippen LogP contribution is 2.22. The van der Waals surface area contributed by atoms with Crippen molar-refractivity contribution in [1.82, 2.24) is 4.98 Å². The van der Waals surface area contributed by atoms with Crippen LogP contribution >= 0.6 is 0 Å². The second kappa shape index (κ2) is 5.99. The van der Waals surface area contributed by atoms with Crippen LogP contribution in [0.1, 0.15) is 0 Å². The van der Waals surface area contributed by atoms with Gasteiger partial charge in [0.25, 0.3) is 0 Å². The topological polar surface area (TPSA) is 28.6 Å². The van der Waals surface area contributed by atoms with Gasteiger partial charge in [-0.3, -0.25) is 0 Å². The third kappa shape index (κ3) is 3.07. The normalized spacial score (nSPS) is 15.1. The van der Waals surface area contributed by atoms with Gasteiger partial charge >= 0.3 is 0 Å². The first-order valence-corrected chi connectivity index (χ1v) is 7.03. The van der Waals surface area contributed by atoms with Gasteiger partial charge in [-0.1, -0.05) is 6.07 Å². The van der Waals surface area contributed by atoms with E-state index in [0.29, 0.717) is 5.82 Å². The highest BCUT2D eigenvalue weighted by Gasteiger charge is 2.18. The van der Waals surface area contributed by atoms with Gasteiger partial charge in [-0.15, -0.1) is 0 Å². The number of ether oxygens (including phenoxy) is 1. The molecular formula is C16H18FN3O. The predicted octanol–water partition coefficient (Wildman–Crippen LogP) is 2.56. The molecule has 0 unspecified atom stereocenters. The summed E-state index contributed by atoms with van der Waals surface area (Å²) in [7, 11) is 1.67. The minimum absolute atomic E-state index is 0.426. The number of hydrogen-bond acceptors (Lipinski definition) is 4. The van der Waals surface area contributed by atoms with Crippen molar-refractivity contribution in [3.05, 3.63) is 48.4 Å². The first-order valence-electron chi connectivity index (χ1n) is 7.03. The number of rotatable bonds is 3. The van der Waals surface area contributed by atoms with Gasteiger partial charge in [-0.05, 0) is 36.4 Å². The minimum atomic E-state index is -0.426. The van der Waals surface area contributed by atoms with Gasteiger partial charge in [0.15, 0.2) is 0 Å². The fraction of sp³-hybridized carbons (Fsp3) is 0.312. The maximum atomic E-state index is 13.2. The van der Waals surface area contributed by atoms with Gasteiger partial charge in [-0.2, -0.15) is 4.39 Å². The third-order valence-corrected chi connectivity index (χ3v) is 3.74. The van der Waals surface area contributed by atoms with E-state index in [4.69, 9.17) is 4.74 Å². The van der Waals surface area contributed by atoms with Crippen LogP contribution in [0.4, 0.5) is 15.9 Å². The Morgan fingerprint density at radius 3 is 2.24 bits per heavy atom. The van der Waals surface area contributed by atoms with Crippen molar-refractivity contribution in [2.24, 2.45) is 0 Å². The molecule has 3 rings (SSSR count). The van der Waals surface area contributed by atoms with E-state index >= 15 is 0 Å². The minimum Gasteiger partial charge on any atom is -0.497 e. The lowest BCUT2D eigenvalue weighted by atomic mass is 10.2. The van der Waals surface area contributed by atoms with E-state index < -0.39 is 5.95 Å². The zero-order valence-corrected chi connectivity index (χ0v) is 12.0. The lowest BCUT2D eigenvalue weighted by molar-refractivity contribution is 0.415. The van der Waals surface area contributed by atoms with Crippen LogP contribution in [0.3, 0.4) is 0 Å². The third-order valence-electron chi connectivity index (χ3n) is 3.74. The molecule has 4 nitrogen and oxygen atoms in total. The predicted molar refractivity (Wildman–Crippen MR) is 81.6 cm³/mol. The molecule has 0 saturated carbocycles. The van der Waals surface area contributed by atoms with Crippen LogP contribution in [-0.4, -0.2) is 38.3 Å². The van der Waals surface area contributed by atoms with E-state index in [0.717, 1.165) is 31.9 Å². The van der Waals surface area contributed by atoms with E-state index in [-0.39, 0.29) is 0 Å². The van der Waals surface area contributed by atoms with Crippen molar-refractivity contribution in [2.75, 3.05) is 43.1 Å². The van der Waals surface area contributed by atoms with Crippen LogP contribution in [0.15, 0.2) is 42.5 Å². The summed E-state index contributed by atoms with van der Waals surface area (Å²) in [5, 5.41) is 0. The Bertz CT molecular complexity index is 595. The highest BCUT2D eigenvalue weighted by atomic mass is 19.1. The Morgan fingerprint density at radius 2 is 1.62 bits per heavy atom. The molecule has 21 heavy (non-hydrogen) atoms. The Morgan fingerprint density at radius 1 is 0.952 bits per heavy atom. The van der Waals surface area contributed by atoms with E-state index in [1.54, 1.807) is 13.2 Å². The van der Waals surface area contributed by atoms with Gasteiger partial charge in [0.1, 0.15) is 11.6 Å². The monoisotopic (exact) mass is 287 g/mol. The maximum Gasteiger partial charge on any atom is 0.214 e. The smallest absolute Gasteiger partial charge is 0.214 e. The fourth-order valence-electron chi connectivity index (χ4n) is 2.56. The molecule has 2 heterocycles. The molecule has 0 spiro atoms. The Balaban J connectivity index is 1.64. The van der Waals surface area contributed by atoms with E-state index in [1.807, 2.05) is 18.2 Å². The Kier molecular flexibility index (Phi) is 3.90. The molecule has 1 aliphatic heterocycles. The number of methoxy groups -OCH3 is 1. The summed E-state index contributed by atoms with van der Waals surface area (Å²) in [6.45, 7) is 3.46. The van der Waals surface area contributed by atoms with Crippen LogP contribution in [-0.2, 0) is 0 Å². The molecule has 1 fully saturated rings. The Hall–Kier alpha value is -2.30. The quantitative estimate of drug-likeness (QED) is 0.811.